The number of ether oxygens (including phenoxy) is 1. The van der Waals surface area contributed by atoms with Crippen LogP contribution in [0.3, 0.4) is 0 Å². The highest BCUT2D eigenvalue weighted by atomic mass is 16.5. The van der Waals surface area contributed by atoms with Crippen LogP contribution in [-0.2, 0) is 4.74 Å². The zero-order valence-corrected chi connectivity index (χ0v) is 7.62. The number of nitrogens with zero attached hydrogens (tertiary/aromatic N) is 1. The molecule has 0 aliphatic carbocycles. The van der Waals surface area contributed by atoms with Gasteiger partial charge in [-0.05, 0) is 6.92 Å². The van der Waals surface area contributed by atoms with Crippen LogP contribution >= 0.6 is 0 Å². The quantitative estimate of drug-likeness (QED) is 0.618. The largest absolute Gasteiger partial charge is 0.395 e. The van der Waals surface area contributed by atoms with E-state index in [4.69, 9.17) is 9.84 Å². The van der Waals surface area contributed by atoms with Gasteiger partial charge in [0.2, 0.25) is 0 Å². The fourth-order valence-corrected chi connectivity index (χ4v) is 1.41. The van der Waals surface area contributed by atoms with Gasteiger partial charge in [-0.2, -0.15) is 0 Å². The molecule has 0 bridgehead atoms. The lowest BCUT2D eigenvalue weighted by molar-refractivity contribution is -0.0229. The Labute approximate surface area is 73.6 Å². The molecule has 0 aromatic heterocycles. The highest BCUT2D eigenvalue weighted by molar-refractivity contribution is 4.94. The standard InChI is InChI=1S/C9H17NO2/c1-8(2)5-10-3-4-12-7-9(10)6-11/h9,11H,1,3-7H2,2H3. The molecule has 1 unspecified atom stereocenters. The Kier molecular flexibility index (Phi) is 3.72. The van der Waals surface area contributed by atoms with Crippen LogP contribution in [-0.4, -0.2) is 49.0 Å². The first-order valence-electron chi connectivity index (χ1n) is 4.31. The van der Waals surface area contributed by atoms with E-state index >= 15 is 0 Å². The molecule has 1 aliphatic heterocycles. The number of aliphatic hydroxyl groups excluding tert-OH is 1. The fraction of sp³-hybridized carbons (Fsp3) is 0.778. The summed E-state index contributed by atoms with van der Waals surface area (Å²) in [5, 5.41) is 9.02. The van der Waals surface area contributed by atoms with Crippen LogP contribution in [0.5, 0.6) is 0 Å². The van der Waals surface area contributed by atoms with E-state index in [1.165, 1.54) is 0 Å². The molecule has 1 atom stereocenters. The van der Waals surface area contributed by atoms with E-state index in [2.05, 4.69) is 11.5 Å². The van der Waals surface area contributed by atoms with Crippen molar-refractivity contribution in [3.8, 4) is 0 Å². The molecule has 1 N–H and O–H groups in total. The van der Waals surface area contributed by atoms with Crippen molar-refractivity contribution in [2.45, 2.75) is 13.0 Å². The maximum atomic E-state index is 9.02. The van der Waals surface area contributed by atoms with Crippen molar-refractivity contribution in [3.63, 3.8) is 0 Å². The number of aliphatic hydroxyl groups is 1. The number of rotatable bonds is 3. The third kappa shape index (κ3) is 2.59. The minimum absolute atomic E-state index is 0.162. The summed E-state index contributed by atoms with van der Waals surface area (Å²) in [6.45, 7) is 9.21. The third-order valence-electron chi connectivity index (χ3n) is 2.03. The summed E-state index contributed by atoms with van der Waals surface area (Å²) in [7, 11) is 0. The Morgan fingerprint density at radius 3 is 3.08 bits per heavy atom. The summed E-state index contributed by atoms with van der Waals surface area (Å²) in [4.78, 5) is 2.21. The van der Waals surface area contributed by atoms with Crippen LogP contribution in [0.25, 0.3) is 0 Å². The van der Waals surface area contributed by atoms with Crippen LogP contribution < -0.4 is 0 Å². The van der Waals surface area contributed by atoms with Crippen molar-refractivity contribution >= 4 is 0 Å². The fourth-order valence-electron chi connectivity index (χ4n) is 1.41. The van der Waals surface area contributed by atoms with Crippen molar-refractivity contribution in [1.29, 1.82) is 0 Å². The van der Waals surface area contributed by atoms with Gasteiger partial charge < -0.3 is 9.84 Å². The van der Waals surface area contributed by atoms with E-state index < -0.39 is 0 Å². The second-order valence-corrected chi connectivity index (χ2v) is 3.34. The molecule has 1 aliphatic rings. The lowest BCUT2D eigenvalue weighted by atomic mass is 10.2. The molecule has 3 heteroatoms. The van der Waals surface area contributed by atoms with Crippen LogP contribution in [0, 0.1) is 0 Å². The Morgan fingerprint density at radius 1 is 1.75 bits per heavy atom. The Hall–Kier alpha value is -0.380. The minimum atomic E-state index is 0.162. The summed E-state index contributed by atoms with van der Waals surface area (Å²) in [6, 6.07) is 0.162. The van der Waals surface area contributed by atoms with Gasteiger partial charge in [0, 0.05) is 13.1 Å². The zero-order valence-electron chi connectivity index (χ0n) is 7.62. The summed E-state index contributed by atoms with van der Waals surface area (Å²) in [5.41, 5.74) is 1.13. The van der Waals surface area contributed by atoms with Crippen molar-refractivity contribution in [3.05, 3.63) is 12.2 Å². The first-order chi connectivity index (χ1) is 5.74. The van der Waals surface area contributed by atoms with Gasteiger partial charge in [-0.15, -0.1) is 0 Å². The smallest absolute Gasteiger partial charge is 0.0644 e. The maximum absolute atomic E-state index is 9.02. The molecule has 1 saturated heterocycles. The molecule has 1 heterocycles. The molecule has 1 rings (SSSR count). The molecule has 0 radical (unpaired) electrons. The van der Waals surface area contributed by atoms with Crippen LogP contribution in [0.4, 0.5) is 0 Å². The lowest BCUT2D eigenvalue weighted by Crippen LogP contribution is -2.47. The van der Waals surface area contributed by atoms with Crippen LogP contribution in [0.2, 0.25) is 0 Å². The molecule has 12 heavy (non-hydrogen) atoms. The average molecular weight is 171 g/mol. The van der Waals surface area contributed by atoms with Crippen LogP contribution in [0.15, 0.2) is 12.2 Å². The second-order valence-electron chi connectivity index (χ2n) is 3.34. The van der Waals surface area contributed by atoms with E-state index in [1.54, 1.807) is 0 Å². The van der Waals surface area contributed by atoms with Crippen molar-refractivity contribution in [2.24, 2.45) is 0 Å². The predicted octanol–water partition coefficient (Wildman–Crippen LogP) is 0.256. The van der Waals surface area contributed by atoms with Crippen molar-refractivity contribution in [2.75, 3.05) is 32.9 Å². The van der Waals surface area contributed by atoms with Gasteiger partial charge in [0.25, 0.3) is 0 Å². The van der Waals surface area contributed by atoms with E-state index in [0.717, 1.165) is 25.3 Å². The molecule has 0 saturated carbocycles. The SMILES string of the molecule is C=C(C)CN1CCOCC1CO. The predicted molar refractivity (Wildman–Crippen MR) is 48.1 cm³/mol. The average Bonchev–Trinajstić information content (AvgIpc) is 2.04. The Balaban J connectivity index is 2.41. The Bertz CT molecular complexity index is 159. The molecular formula is C9H17NO2. The van der Waals surface area contributed by atoms with E-state index in [-0.39, 0.29) is 12.6 Å². The zero-order chi connectivity index (χ0) is 8.97. The third-order valence-corrected chi connectivity index (χ3v) is 2.03. The summed E-state index contributed by atoms with van der Waals surface area (Å²) in [6.07, 6.45) is 0. The van der Waals surface area contributed by atoms with Gasteiger partial charge in [-0.25, -0.2) is 0 Å². The van der Waals surface area contributed by atoms with E-state index in [1.807, 2.05) is 6.92 Å². The van der Waals surface area contributed by atoms with Gasteiger partial charge in [0.15, 0.2) is 0 Å². The topological polar surface area (TPSA) is 32.7 Å². The van der Waals surface area contributed by atoms with Crippen molar-refractivity contribution < 1.29 is 9.84 Å². The van der Waals surface area contributed by atoms with Gasteiger partial charge in [0.1, 0.15) is 0 Å². The Morgan fingerprint density at radius 2 is 2.50 bits per heavy atom. The van der Waals surface area contributed by atoms with E-state index in [9.17, 15) is 0 Å². The summed E-state index contributed by atoms with van der Waals surface area (Å²) < 4.78 is 5.25. The van der Waals surface area contributed by atoms with Crippen LogP contribution in [0.1, 0.15) is 6.92 Å². The molecular weight excluding hydrogens is 154 g/mol. The molecule has 0 amide bonds. The normalized spacial score (nSPS) is 25.7. The summed E-state index contributed by atoms with van der Waals surface area (Å²) in [5.74, 6) is 0. The van der Waals surface area contributed by atoms with Gasteiger partial charge in [-0.3, -0.25) is 4.90 Å². The molecule has 70 valence electrons. The number of hydrogen-bond acceptors (Lipinski definition) is 3. The van der Waals surface area contributed by atoms with Crippen molar-refractivity contribution in [1.82, 2.24) is 4.90 Å². The first-order valence-corrected chi connectivity index (χ1v) is 4.31. The maximum Gasteiger partial charge on any atom is 0.0644 e. The second kappa shape index (κ2) is 4.60. The lowest BCUT2D eigenvalue weighted by Gasteiger charge is -2.34. The summed E-state index contributed by atoms with van der Waals surface area (Å²) >= 11 is 0. The first kappa shape index (κ1) is 9.71. The number of hydrogen-bond donors (Lipinski definition) is 1. The number of morpholine rings is 1. The van der Waals surface area contributed by atoms with E-state index in [0.29, 0.717) is 6.61 Å². The molecule has 1 fully saturated rings. The monoisotopic (exact) mass is 171 g/mol. The molecule has 0 spiro atoms. The highest BCUT2D eigenvalue weighted by Crippen LogP contribution is 2.07. The molecule has 3 nitrogen and oxygen atoms in total. The van der Waals surface area contributed by atoms with Gasteiger partial charge in [-0.1, -0.05) is 12.2 Å². The molecule has 0 aromatic rings. The minimum Gasteiger partial charge on any atom is -0.395 e. The van der Waals surface area contributed by atoms with Gasteiger partial charge in [0.05, 0.1) is 25.9 Å². The van der Waals surface area contributed by atoms with Gasteiger partial charge >= 0.3 is 0 Å². The highest BCUT2D eigenvalue weighted by Gasteiger charge is 2.21. The molecule has 0 aromatic carbocycles.